The van der Waals surface area contributed by atoms with Gasteiger partial charge in [0.2, 0.25) is 11.8 Å². The molecule has 4 heterocycles. The Hall–Kier alpha value is -3.50. The molecule has 9 nitrogen and oxygen atoms in total. The molecule has 10 heteroatoms. The third-order valence-corrected chi connectivity index (χ3v) is 7.74. The number of fused-ring (bicyclic) bond motifs is 4. The van der Waals surface area contributed by atoms with Crippen LogP contribution in [0.1, 0.15) is 5.56 Å². The van der Waals surface area contributed by atoms with Gasteiger partial charge in [-0.2, -0.15) is 0 Å². The van der Waals surface area contributed by atoms with E-state index < -0.39 is 0 Å². The summed E-state index contributed by atoms with van der Waals surface area (Å²) in [5, 5.41) is 7.39. The number of carbonyl (C=O) groups excluding carboxylic acids is 2. The first-order valence-electron chi connectivity index (χ1n) is 11.9. The van der Waals surface area contributed by atoms with Crippen molar-refractivity contribution in [2.24, 2.45) is 5.92 Å². The SMILES string of the molecule is COc1ccc2ccc3c(c2n1)C[C@H](CNC[C@@H]1CN(c2ccc4c(c2)NC(=O)CS4)C(=O)O1)CO3. The Balaban J connectivity index is 1.06. The maximum Gasteiger partial charge on any atom is 0.414 e. The van der Waals surface area contributed by atoms with E-state index in [1.54, 1.807) is 12.0 Å². The molecule has 3 aromatic rings. The zero-order chi connectivity index (χ0) is 24.6. The first kappa shape index (κ1) is 22.9. The fraction of sp³-hybridized carbons (Fsp3) is 0.346. The van der Waals surface area contributed by atoms with Crippen LogP contribution in [-0.2, 0) is 16.0 Å². The molecule has 2 atom stereocenters. The summed E-state index contributed by atoms with van der Waals surface area (Å²) in [5.74, 6) is 2.10. The van der Waals surface area contributed by atoms with Gasteiger partial charge in [-0.05, 0) is 42.8 Å². The molecule has 0 radical (unpaired) electrons. The van der Waals surface area contributed by atoms with Gasteiger partial charge < -0.3 is 24.8 Å². The van der Waals surface area contributed by atoms with E-state index >= 15 is 0 Å². The van der Waals surface area contributed by atoms with Crippen molar-refractivity contribution in [2.75, 3.05) is 49.3 Å². The summed E-state index contributed by atoms with van der Waals surface area (Å²) in [4.78, 5) is 31.5. The molecule has 0 aliphatic carbocycles. The van der Waals surface area contributed by atoms with Crippen LogP contribution in [0.4, 0.5) is 16.2 Å². The lowest BCUT2D eigenvalue weighted by Gasteiger charge is -2.26. The third kappa shape index (κ3) is 4.42. The number of hydrogen-bond donors (Lipinski definition) is 2. The van der Waals surface area contributed by atoms with Gasteiger partial charge in [0.25, 0.3) is 0 Å². The largest absolute Gasteiger partial charge is 0.493 e. The Morgan fingerprint density at radius 3 is 2.97 bits per heavy atom. The van der Waals surface area contributed by atoms with Crippen molar-refractivity contribution in [3.63, 3.8) is 0 Å². The lowest BCUT2D eigenvalue weighted by Crippen LogP contribution is -2.37. The van der Waals surface area contributed by atoms with Crippen molar-refractivity contribution < 1.29 is 23.8 Å². The third-order valence-electron chi connectivity index (χ3n) is 6.66. The first-order valence-corrected chi connectivity index (χ1v) is 12.9. The number of aromatic nitrogens is 1. The Morgan fingerprint density at radius 1 is 1.19 bits per heavy atom. The second-order valence-corrected chi connectivity index (χ2v) is 10.2. The van der Waals surface area contributed by atoms with Gasteiger partial charge in [0.1, 0.15) is 11.9 Å². The van der Waals surface area contributed by atoms with Gasteiger partial charge in [-0.15, -0.1) is 11.8 Å². The van der Waals surface area contributed by atoms with Crippen LogP contribution in [-0.4, -0.2) is 62.2 Å². The van der Waals surface area contributed by atoms with Crippen LogP contribution in [0.2, 0.25) is 0 Å². The quantitative estimate of drug-likeness (QED) is 0.524. The maximum absolute atomic E-state index is 12.5. The number of thioether (sulfide) groups is 1. The van der Waals surface area contributed by atoms with Gasteiger partial charge >= 0.3 is 6.09 Å². The molecule has 6 rings (SSSR count). The zero-order valence-electron chi connectivity index (χ0n) is 19.8. The second kappa shape index (κ2) is 9.51. The highest BCUT2D eigenvalue weighted by Crippen LogP contribution is 2.36. The van der Waals surface area contributed by atoms with E-state index in [0.29, 0.717) is 31.3 Å². The van der Waals surface area contributed by atoms with Crippen molar-refractivity contribution >= 4 is 46.0 Å². The molecule has 186 valence electrons. The Morgan fingerprint density at radius 2 is 2.08 bits per heavy atom. The topological polar surface area (TPSA) is 102 Å². The molecule has 3 aliphatic heterocycles. The number of nitrogens with zero attached hydrogens (tertiary/aromatic N) is 2. The van der Waals surface area contributed by atoms with Crippen molar-refractivity contribution in [3.05, 3.63) is 48.0 Å². The average Bonchev–Trinajstić information content (AvgIpc) is 3.27. The summed E-state index contributed by atoms with van der Waals surface area (Å²) >= 11 is 1.49. The molecule has 1 fully saturated rings. The summed E-state index contributed by atoms with van der Waals surface area (Å²) in [6.45, 7) is 2.34. The van der Waals surface area contributed by atoms with Crippen LogP contribution in [0.15, 0.2) is 47.4 Å². The van der Waals surface area contributed by atoms with E-state index in [1.807, 2.05) is 42.5 Å². The summed E-state index contributed by atoms with van der Waals surface area (Å²) in [7, 11) is 1.62. The van der Waals surface area contributed by atoms with Crippen LogP contribution in [0, 0.1) is 5.92 Å². The number of hydrogen-bond acceptors (Lipinski definition) is 8. The molecule has 2 amide bonds. The minimum atomic E-state index is -0.377. The van der Waals surface area contributed by atoms with Crippen LogP contribution >= 0.6 is 11.8 Å². The predicted octanol–water partition coefficient (Wildman–Crippen LogP) is 3.45. The highest BCUT2D eigenvalue weighted by atomic mass is 32.2. The number of benzene rings is 2. The summed E-state index contributed by atoms with van der Waals surface area (Å²) in [6.07, 6.45) is 0.203. The van der Waals surface area contributed by atoms with Crippen molar-refractivity contribution in [3.8, 4) is 11.6 Å². The predicted molar refractivity (Wildman–Crippen MR) is 137 cm³/mol. The van der Waals surface area contributed by atoms with Gasteiger partial charge in [-0.3, -0.25) is 9.69 Å². The van der Waals surface area contributed by atoms with E-state index in [4.69, 9.17) is 14.2 Å². The summed E-state index contributed by atoms with van der Waals surface area (Å²) in [5.41, 5.74) is 3.47. The van der Waals surface area contributed by atoms with Crippen molar-refractivity contribution in [1.29, 1.82) is 0 Å². The first-order chi connectivity index (χ1) is 17.6. The number of pyridine rings is 1. The maximum atomic E-state index is 12.5. The molecular formula is C26H26N4O5S. The average molecular weight is 507 g/mol. The number of nitrogens with one attached hydrogen (secondary N) is 2. The lowest BCUT2D eigenvalue weighted by molar-refractivity contribution is -0.113. The summed E-state index contributed by atoms with van der Waals surface area (Å²) in [6, 6.07) is 13.6. The Labute approximate surface area is 212 Å². The van der Waals surface area contributed by atoms with Crippen LogP contribution in [0.3, 0.4) is 0 Å². The number of anilines is 2. The van der Waals surface area contributed by atoms with E-state index in [9.17, 15) is 9.59 Å². The molecular weight excluding hydrogens is 480 g/mol. The van der Waals surface area contributed by atoms with Crippen LogP contribution < -0.4 is 25.0 Å². The normalized spacial score (nSPS) is 20.9. The van der Waals surface area contributed by atoms with Gasteiger partial charge in [0, 0.05) is 46.6 Å². The molecule has 36 heavy (non-hydrogen) atoms. The minimum Gasteiger partial charge on any atom is -0.493 e. The van der Waals surface area contributed by atoms with Gasteiger partial charge in [-0.1, -0.05) is 0 Å². The summed E-state index contributed by atoms with van der Waals surface area (Å²) < 4.78 is 17.0. The Kier molecular flexibility index (Phi) is 6.06. The highest BCUT2D eigenvalue weighted by Gasteiger charge is 2.33. The number of rotatable bonds is 6. The molecule has 0 unspecified atom stereocenters. The molecule has 0 spiro atoms. The van der Waals surface area contributed by atoms with E-state index in [2.05, 4.69) is 15.6 Å². The molecule has 0 saturated carbocycles. The number of ether oxygens (including phenoxy) is 3. The standard InChI is InChI=1S/C26H26N4O5S/c1-33-24-7-3-16-2-5-21-19(25(16)29-24)8-15(13-34-21)10-27-11-18-12-30(26(32)35-18)17-4-6-22-20(9-17)28-23(31)14-36-22/h2-7,9,15,18,27H,8,10-14H2,1H3,(H,28,31)/t15-,18-/m1/s1. The molecule has 1 saturated heterocycles. The molecule has 0 bridgehead atoms. The van der Waals surface area contributed by atoms with E-state index in [-0.39, 0.29) is 24.0 Å². The van der Waals surface area contributed by atoms with E-state index in [0.717, 1.165) is 51.5 Å². The number of carbonyl (C=O) groups is 2. The van der Waals surface area contributed by atoms with Gasteiger partial charge in [0.15, 0.2) is 0 Å². The molecule has 2 N–H and O–H groups in total. The molecule has 1 aromatic heterocycles. The van der Waals surface area contributed by atoms with Crippen LogP contribution in [0.5, 0.6) is 11.6 Å². The Bertz CT molecular complexity index is 1340. The minimum absolute atomic E-state index is 0.0343. The number of amides is 2. The van der Waals surface area contributed by atoms with Crippen molar-refractivity contribution in [1.82, 2.24) is 10.3 Å². The molecule has 3 aliphatic rings. The van der Waals surface area contributed by atoms with Crippen LogP contribution in [0.25, 0.3) is 10.9 Å². The second-order valence-electron chi connectivity index (χ2n) is 9.14. The fourth-order valence-electron chi connectivity index (χ4n) is 4.87. The fourth-order valence-corrected chi connectivity index (χ4v) is 5.66. The van der Waals surface area contributed by atoms with Crippen molar-refractivity contribution in [2.45, 2.75) is 17.4 Å². The lowest BCUT2D eigenvalue weighted by atomic mass is 9.94. The van der Waals surface area contributed by atoms with Gasteiger partial charge in [0.05, 0.1) is 37.2 Å². The molecule has 2 aromatic carbocycles. The zero-order valence-corrected chi connectivity index (χ0v) is 20.6. The smallest absolute Gasteiger partial charge is 0.414 e. The highest BCUT2D eigenvalue weighted by molar-refractivity contribution is 8.00. The van der Waals surface area contributed by atoms with Gasteiger partial charge in [-0.25, -0.2) is 9.78 Å². The monoisotopic (exact) mass is 506 g/mol. The number of cyclic esters (lactones) is 1. The van der Waals surface area contributed by atoms with E-state index in [1.165, 1.54) is 11.8 Å². The number of methoxy groups -OCH3 is 1.